The highest BCUT2D eigenvalue weighted by Crippen LogP contribution is 2.29. The van der Waals surface area contributed by atoms with Crippen LogP contribution in [0, 0.1) is 6.92 Å². The zero-order chi connectivity index (χ0) is 18.4. The van der Waals surface area contributed by atoms with Gasteiger partial charge in [0.2, 0.25) is 0 Å². The SMILES string of the molecule is CCOc1ccc(CN[C@@H](Cc2ccsc2)c2nc(C)cs2)cc1OC. The van der Waals surface area contributed by atoms with Crippen LogP contribution in [0.25, 0.3) is 0 Å². The molecule has 0 amide bonds. The van der Waals surface area contributed by atoms with Gasteiger partial charge >= 0.3 is 0 Å². The van der Waals surface area contributed by atoms with Crippen LogP contribution in [0.2, 0.25) is 0 Å². The Morgan fingerprint density at radius 2 is 2.04 bits per heavy atom. The van der Waals surface area contributed by atoms with Crippen molar-refractivity contribution in [1.82, 2.24) is 10.3 Å². The second kappa shape index (κ2) is 9.16. The number of methoxy groups -OCH3 is 1. The zero-order valence-corrected chi connectivity index (χ0v) is 17.0. The second-order valence-corrected chi connectivity index (χ2v) is 7.68. The average Bonchev–Trinajstić information content (AvgIpc) is 3.31. The van der Waals surface area contributed by atoms with E-state index in [0.717, 1.165) is 40.7 Å². The van der Waals surface area contributed by atoms with Crippen molar-refractivity contribution in [3.8, 4) is 11.5 Å². The summed E-state index contributed by atoms with van der Waals surface area (Å²) in [5, 5.41) is 11.2. The number of nitrogens with zero attached hydrogens (tertiary/aromatic N) is 1. The molecule has 0 aliphatic rings. The predicted molar refractivity (Wildman–Crippen MR) is 109 cm³/mol. The van der Waals surface area contributed by atoms with Crippen molar-refractivity contribution in [2.24, 2.45) is 0 Å². The molecule has 0 radical (unpaired) electrons. The fraction of sp³-hybridized carbons (Fsp3) is 0.350. The van der Waals surface area contributed by atoms with Crippen LogP contribution < -0.4 is 14.8 Å². The highest BCUT2D eigenvalue weighted by atomic mass is 32.1. The molecular formula is C20H24N2O2S2. The predicted octanol–water partition coefficient (Wildman–Crippen LogP) is 4.99. The lowest BCUT2D eigenvalue weighted by molar-refractivity contribution is 0.310. The number of nitrogens with one attached hydrogen (secondary N) is 1. The largest absolute Gasteiger partial charge is 0.493 e. The van der Waals surface area contributed by atoms with Gasteiger partial charge in [-0.15, -0.1) is 11.3 Å². The van der Waals surface area contributed by atoms with Crippen molar-refractivity contribution in [2.75, 3.05) is 13.7 Å². The number of aryl methyl sites for hydroxylation is 1. The molecule has 6 heteroatoms. The maximum atomic E-state index is 5.60. The monoisotopic (exact) mass is 388 g/mol. The van der Waals surface area contributed by atoms with Crippen LogP contribution in [0.5, 0.6) is 11.5 Å². The van der Waals surface area contributed by atoms with E-state index in [1.807, 2.05) is 26.0 Å². The average molecular weight is 389 g/mol. The molecule has 3 aromatic rings. The van der Waals surface area contributed by atoms with E-state index in [1.165, 1.54) is 5.56 Å². The molecule has 2 aromatic heterocycles. The van der Waals surface area contributed by atoms with Gasteiger partial charge in [-0.3, -0.25) is 0 Å². The summed E-state index contributed by atoms with van der Waals surface area (Å²) in [5.74, 6) is 1.55. The van der Waals surface area contributed by atoms with Crippen molar-refractivity contribution >= 4 is 22.7 Å². The number of ether oxygens (including phenoxy) is 2. The number of rotatable bonds is 9. The van der Waals surface area contributed by atoms with Gasteiger partial charge in [0.05, 0.1) is 19.8 Å². The molecule has 26 heavy (non-hydrogen) atoms. The molecule has 1 N–H and O–H groups in total. The first-order chi connectivity index (χ1) is 12.7. The molecule has 0 saturated heterocycles. The lowest BCUT2D eigenvalue weighted by Gasteiger charge is -2.17. The van der Waals surface area contributed by atoms with Crippen molar-refractivity contribution < 1.29 is 9.47 Å². The molecule has 0 spiro atoms. The van der Waals surface area contributed by atoms with Gasteiger partial charge in [0.25, 0.3) is 0 Å². The van der Waals surface area contributed by atoms with E-state index in [2.05, 4.69) is 33.6 Å². The van der Waals surface area contributed by atoms with Gasteiger partial charge in [0, 0.05) is 17.6 Å². The molecule has 0 unspecified atom stereocenters. The molecule has 3 rings (SSSR count). The van der Waals surface area contributed by atoms with E-state index in [1.54, 1.807) is 29.8 Å². The van der Waals surface area contributed by atoms with Gasteiger partial charge < -0.3 is 14.8 Å². The molecule has 0 aliphatic heterocycles. The minimum Gasteiger partial charge on any atom is -0.493 e. The lowest BCUT2D eigenvalue weighted by atomic mass is 10.1. The summed E-state index contributed by atoms with van der Waals surface area (Å²) in [5.41, 5.74) is 3.57. The summed E-state index contributed by atoms with van der Waals surface area (Å²) < 4.78 is 11.1. The summed E-state index contributed by atoms with van der Waals surface area (Å²) in [6, 6.07) is 8.46. The minimum atomic E-state index is 0.195. The molecule has 1 aromatic carbocycles. The Kier molecular flexibility index (Phi) is 6.66. The molecule has 2 heterocycles. The summed E-state index contributed by atoms with van der Waals surface area (Å²) in [4.78, 5) is 4.69. The van der Waals surface area contributed by atoms with Gasteiger partial charge in [-0.1, -0.05) is 6.07 Å². The Labute approximate surface area is 162 Å². The van der Waals surface area contributed by atoms with Crippen LogP contribution in [0.4, 0.5) is 0 Å². The van der Waals surface area contributed by atoms with Crippen molar-refractivity contribution in [3.05, 3.63) is 62.2 Å². The molecule has 0 saturated carbocycles. The van der Waals surface area contributed by atoms with E-state index in [9.17, 15) is 0 Å². The summed E-state index contributed by atoms with van der Waals surface area (Å²) >= 11 is 3.45. The third-order valence-electron chi connectivity index (χ3n) is 4.04. The topological polar surface area (TPSA) is 43.4 Å². The van der Waals surface area contributed by atoms with Crippen molar-refractivity contribution in [3.63, 3.8) is 0 Å². The number of thiazole rings is 1. The molecule has 138 valence electrons. The van der Waals surface area contributed by atoms with Crippen LogP contribution in [0.3, 0.4) is 0 Å². The fourth-order valence-corrected chi connectivity index (χ4v) is 4.31. The summed E-state index contributed by atoms with van der Waals surface area (Å²) in [7, 11) is 1.67. The number of benzene rings is 1. The lowest BCUT2D eigenvalue weighted by Crippen LogP contribution is -2.23. The molecule has 0 aliphatic carbocycles. The first-order valence-corrected chi connectivity index (χ1v) is 10.5. The van der Waals surface area contributed by atoms with Gasteiger partial charge in [0.1, 0.15) is 5.01 Å². The summed E-state index contributed by atoms with van der Waals surface area (Å²) in [6.45, 7) is 5.38. The smallest absolute Gasteiger partial charge is 0.161 e. The van der Waals surface area contributed by atoms with E-state index >= 15 is 0 Å². The summed E-state index contributed by atoms with van der Waals surface area (Å²) in [6.07, 6.45) is 0.935. The number of aromatic nitrogens is 1. The van der Waals surface area contributed by atoms with E-state index in [4.69, 9.17) is 14.5 Å². The van der Waals surface area contributed by atoms with Crippen LogP contribution in [-0.4, -0.2) is 18.7 Å². The molecule has 1 atom stereocenters. The highest BCUT2D eigenvalue weighted by molar-refractivity contribution is 7.09. The Hall–Kier alpha value is -1.89. The Balaban J connectivity index is 1.73. The quantitative estimate of drug-likeness (QED) is 0.560. The number of hydrogen-bond acceptors (Lipinski definition) is 6. The third-order valence-corrected chi connectivity index (χ3v) is 5.84. The van der Waals surface area contributed by atoms with Crippen molar-refractivity contribution in [1.29, 1.82) is 0 Å². The van der Waals surface area contributed by atoms with Gasteiger partial charge in [-0.2, -0.15) is 11.3 Å². The third kappa shape index (κ3) is 4.84. The Morgan fingerprint density at radius 1 is 1.15 bits per heavy atom. The molecule has 0 bridgehead atoms. The standard InChI is InChI=1S/C20H24N2O2S2/c1-4-24-18-6-5-15(10-19(18)23-3)11-21-17(9-16-7-8-25-13-16)20-22-14(2)12-26-20/h5-8,10,12-13,17,21H,4,9,11H2,1-3H3/t17-/m0/s1. The van der Waals surface area contributed by atoms with Gasteiger partial charge in [-0.25, -0.2) is 4.98 Å². The first kappa shape index (κ1) is 18.9. The van der Waals surface area contributed by atoms with Crippen LogP contribution in [-0.2, 0) is 13.0 Å². The Morgan fingerprint density at radius 3 is 2.69 bits per heavy atom. The maximum absolute atomic E-state index is 5.60. The first-order valence-electron chi connectivity index (χ1n) is 8.65. The maximum Gasteiger partial charge on any atom is 0.161 e. The Bertz CT molecular complexity index is 815. The molecule has 4 nitrogen and oxygen atoms in total. The minimum absolute atomic E-state index is 0.195. The highest BCUT2D eigenvalue weighted by Gasteiger charge is 2.16. The van der Waals surface area contributed by atoms with Crippen LogP contribution >= 0.6 is 22.7 Å². The number of hydrogen-bond donors (Lipinski definition) is 1. The second-order valence-electron chi connectivity index (χ2n) is 6.01. The van der Waals surface area contributed by atoms with E-state index in [-0.39, 0.29) is 6.04 Å². The van der Waals surface area contributed by atoms with E-state index in [0.29, 0.717) is 6.61 Å². The van der Waals surface area contributed by atoms with Gasteiger partial charge in [-0.05, 0) is 60.4 Å². The van der Waals surface area contributed by atoms with E-state index < -0.39 is 0 Å². The molecule has 0 fully saturated rings. The van der Waals surface area contributed by atoms with Crippen molar-refractivity contribution in [2.45, 2.75) is 32.9 Å². The zero-order valence-electron chi connectivity index (χ0n) is 15.3. The molecular weight excluding hydrogens is 364 g/mol. The van der Waals surface area contributed by atoms with Crippen LogP contribution in [0.15, 0.2) is 40.4 Å². The van der Waals surface area contributed by atoms with Crippen LogP contribution in [0.1, 0.15) is 34.8 Å². The normalized spacial score (nSPS) is 12.1. The fourth-order valence-electron chi connectivity index (χ4n) is 2.76. The number of thiophene rings is 1. The van der Waals surface area contributed by atoms with Gasteiger partial charge in [0.15, 0.2) is 11.5 Å².